The summed E-state index contributed by atoms with van der Waals surface area (Å²) in [4.78, 5) is 39.6. The maximum atomic E-state index is 13.0. The second-order valence-corrected chi connectivity index (χ2v) is 9.48. The molecule has 8 heteroatoms. The van der Waals surface area contributed by atoms with Crippen molar-refractivity contribution >= 4 is 34.7 Å². The van der Waals surface area contributed by atoms with Crippen LogP contribution in [0, 0.1) is 0 Å². The van der Waals surface area contributed by atoms with Gasteiger partial charge < -0.3 is 19.7 Å². The van der Waals surface area contributed by atoms with Crippen LogP contribution in [0.25, 0.3) is 10.9 Å². The van der Waals surface area contributed by atoms with Crippen LogP contribution in [0.3, 0.4) is 0 Å². The minimum atomic E-state index is -0.824. The average Bonchev–Trinajstić information content (AvgIpc) is 2.91. The van der Waals surface area contributed by atoms with Crippen molar-refractivity contribution in [3.63, 3.8) is 0 Å². The van der Waals surface area contributed by atoms with E-state index in [1.54, 1.807) is 60.9 Å². The molecule has 1 atom stereocenters. The van der Waals surface area contributed by atoms with Gasteiger partial charge in [-0.2, -0.15) is 0 Å². The zero-order chi connectivity index (χ0) is 22.4. The van der Waals surface area contributed by atoms with Gasteiger partial charge in [-0.3, -0.25) is 9.36 Å². The van der Waals surface area contributed by atoms with Gasteiger partial charge in [-0.05, 0) is 59.2 Å². The lowest BCUT2D eigenvalue weighted by Gasteiger charge is -2.25. The van der Waals surface area contributed by atoms with Crippen LogP contribution < -0.4 is 10.2 Å². The summed E-state index contributed by atoms with van der Waals surface area (Å²) in [6.07, 6.45) is 0.745. The maximum absolute atomic E-state index is 13.0. The van der Waals surface area contributed by atoms with Crippen LogP contribution >= 0.6 is 0 Å². The zero-order valence-corrected chi connectivity index (χ0v) is 18.5. The molecule has 0 unspecified atom stereocenters. The standard InChI is InChI=1S/C22H29N3O5/c1-21(2,3)29-19(27)23-14-11-13-12-25(20(28)30-22(4,5)6)16-10-8-9-15(17(13)16)24(7)18(14)26/h8-10,12,14H,11H2,1-7H3,(H,23,27)/t14-/m0/s1. The molecule has 0 saturated heterocycles. The van der Waals surface area contributed by atoms with Crippen LogP contribution in [0.1, 0.15) is 47.1 Å². The Morgan fingerprint density at radius 1 is 1.07 bits per heavy atom. The molecule has 1 N–H and O–H groups in total. The number of anilines is 1. The van der Waals surface area contributed by atoms with E-state index in [1.165, 1.54) is 9.47 Å². The van der Waals surface area contributed by atoms with Crippen molar-refractivity contribution in [1.29, 1.82) is 0 Å². The van der Waals surface area contributed by atoms with E-state index in [0.29, 0.717) is 11.2 Å². The van der Waals surface area contributed by atoms with E-state index < -0.39 is 29.4 Å². The topological polar surface area (TPSA) is 89.9 Å². The summed E-state index contributed by atoms with van der Waals surface area (Å²) < 4.78 is 12.3. The molecule has 0 aliphatic carbocycles. The summed E-state index contributed by atoms with van der Waals surface area (Å²) in [5, 5.41) is 3.46. The van der Waals surface area contributed by atoms with Crippen molar-refractivity contribution < 1.29 is 23.9 Å². The lowest BCUT2D eigenvalue weighted by molar-refractivity contribution is -0.120. The second kappa shape index (κ2) is 7.34. The van der Waals surface area contributed by atoms with Crippen LogP contribution in [-0.2, 0) is 20.7 Å². The first-order valence-electron chi connectivity index (χ1n) is 9.90. The van der Waals surface area contributed by atoms with E-state index in [9.17, 15) is 14.4 Å². The average molecular weight is 415 g/mol. The van der Waals surface area contributed by atoms with Crippen molar-refractivity contribution in [2.24, 2.45) is 0 Å². The third-order valence-electron chi connectivity index (χ3n) is 4.58. The molecular weight excluding hydrogens is 386 g/mol. The van der Waals surface area contributed by atoms with Crippen molar-refractivity contribution in [2.75, 3.05) is 11.9 Å². The number of benzene rings is 1. The summed E-state index contributed by atoms with van der Waals surface area (Å²) in [5.41, 5.74) is 0.763. The zero-order valence-electron chi connectivity index (χ0n) is 18.5. The number of ether oxygens (including phenoxy) is 2. The van der Waals surface area contributed by atoms with Gasteiger partial charge in [-0.1, -0.05) is 6.07 Å². The van der Waals surface area contributed by atoms with Gasteiger partial charge in [0.15, 0.2) is 0 Å². The number of hydrogen-bond acceptors (Lipinski definition) is 5. The lowest BCUT2D eigenvalue weighted by atomic mass is 10.1. The predicted molar refractivity (Wildman–Crippen MR) is 114 cm³/mol. The predicted octanol–water partition coefficient (Wildman–Crippen LogP) is 3.84. The first kappa shape index (κ1) is 21.7. The highest BCUT2D eigenvalue weighted by Crippen LogP contribution is 2.35. The fourth-order valence-electron chi connectivity index (χ4n) is 3.47. The molecular formula is C22H29N3O5. The van der Waals surface area contributed by atoms with Gasteiger partial charge in [-0.25, -0.2) is 9.59 Å². The second-order valence-electron chi connectivity index (χ2n) is 9.48. The van der Waals surface area contributed by atoms with Crippen molar-refractivity contribution in [3.8, 4) is 0 Å². The summed E-state index contributed by atoms with van der Waals surface area (Å²) in [5.74, 6) is -0.256. The third-order valence-corrected chi connectivity index (χ3v) is 4.58. The molecule has 3 rings (SSSR count). The number of hydrogen-bond donors (Lipinski definition) is 1. The normalized spacial score (nSPS) is 17.0. The molecule has 1 aromatic heterocycles. The Bertz CT molecular complexity index is 1010. The Labute approximate surface area is 176 Å². The number of nitrogens with one attached hydrogen (secondary N) is 1. The largest absolute Gasteiger partial charge is 0.444 e. The van der Waals surface area contributed by atoms with Gasteiger partial charge in [0, 0.05) is 25.1 Å². The fraction of sp³-hybridized carbons (Fsp3) is 0.500. The molecule has 2 heterocycles. The number of carbonyl (C=O) groups excluding carboxylic acids is 3. The highest BCUT2D eigenvalue weighted by atomic mass is 16.6. The summed E-state index contributed by atoms with van der Waals surface area (Å²) >= 11 is 0. The van der Waals surface area contributed by atoms with Gasteiger partial charge in [0.2, 0.25) is 5.91 Å². The summed E-state index contributed by atoms with van der Waals surface area (Å²) in [7, 11) is 1.65. The molecule has 1 aliphatic heterocycles. The first-order chi connectivity index (χ1) is 13.8. The SMILES string of the molecule is CN1C(=O)[C@@H](NC(=O)OC(C)(C)C)Cc2cn(C(=O)OC(C)(C)C)c3cccc1c23. The highest BCUT2D eigenvalue weighted by molar-refractivity contribution is 6.10. The third kappa shape index (κ3) is 4.42. The van der Waals surface area contributed by atoms with E-state index in [4.69, 9.17) is 9.47 Å². The van der Waals surface area contributed by atoms with E-state index >= 15 is 0 Å². The molecule has 30 heavy (non-hydrogen) atoms. The molecule has 2 amide bonds. The molecule has 0 saturated carbocycles. The van der Waals surface area contributed by atoms with Crippen LogP contribution in [-0.4, -0.2) is 47.0 Å². The van der Waals surface area contributed by atoms with Crippen molar-refractivity contribution in [2.45, 2.75) is 65.2 Å². The summed E-state index contributed by atoms with van der Waals surface area (Å²) in [6.45, 7) is 10.7. The fourth-order valence-corrected chi connectivity index (χ4v) is 3.47. The molecule has 1 aromatic carbocycles. The Kier molecular flexibility index (Phi) is 5.30. The van der Waals surface area contributed by atoms with Crippen LogP contribution in [0.5, 0.6) is 0 Å². The van der Waals surface area contributed by atoms with Gasteiger partial charge in [0.05, 0.1) is 11.2 Å². The number of amides is 2. The maximum Gasteiger partial charge on any atom is 0.419 e. The van der Waals surface area contributed by atoms with Gasteiger partial charge in [0.1, 0.15) is 17.2 Å². The van der Waals surface area contributed by atoms with E-state index in [-0.39, 0.29) is 12.3 Å². The first-order valence-corrected chi connectivity index (χ1v) is 9.90. The number of alkyl carbamates (subject to hydrolysis) is 1. The Hall–Kier alpha value is -3.03. The highest BCUT2D eigenvalue weighted by Gasteiger charge is 2.33. The monoisotopic (exact) mass is 415 g/mol. The van der Waals surface area contributed by atoms with Gasteiger partial charge >= 0.3 is 12.2 Å². The molecule has 0 radical (unpaired) electrons. The molecule has 162 valence electrons. The molecule has 2 aromatic rings. The molecule has 0 fully saturated rings. The number of carbonyl (C=O) groups is 3. The molecule has 0 bridgehead atoms. The van der Waals surface area contributed by atoms with Crippen molar-refractivity contribution in [1.82, 2.24) is 9.88 Å². The quantitative estimate of drug-likeness (QED) is 0.764. The van der Waals surface area contributed by atoms with E-state index in [1.807, 2.05) is 12.1 Å². The smallest absolute Gasteiger partial charge is 0.419 e. The van der Waals surface area contributed by atoms with E-state index in [0.717, 1.165) is 10.9 Å². The number of rotatable bonds is 1. The number of nitrogens with zero attached hydrogens (tertiary/aromatic N) is 2. The van der Waals surface area contributed by atoms with Crippen LogP contribution in [0.2, 0.25) is 0 Å². The molecule has 8 nitrogen and oxygen atoms in total. The van der Waals surface area contributed by atoms with Gasteiger partial charge in [-0.15, -0.1) is 0 Å². The van der Waals surface area contributed by atoms with E-state index in [2.05, 4.69) is 5.32 Å². The Morgan fingerprint density at radius 3 is 2.30 bits per heavy atom. The van der Waals surface area contributed by atoms with Crippen molar-refractivity contribution in [3.05, 3.63) is 30.0 Å². The minimum absolute atomic E-state index is 0.228. The molecule has 0 spiro atoms. The Balaban J connectivity index is 2.01. The number of likely N-dealkylation sites (N-methyl/N-ethyl adjacent to an activating group) is 1. The van der Waals surface area contributed by atoms with Crippen LogP contribution in [0.4, 0.5) is 15.3 Å². The van der Waals surface area contributed by atoms with Crippen LogP contribution in [0.15, 0.2) is 24.4 Å². The number of aromatic nitrogens is 1. The lowest BCUT2D eigenvalue weighted by Crippen LogP contribution is -2.49. The van der Waals surface area contributed by atoms with Gasteiger partial charge in [0.25, 0.3) is 0 Å². The minimum Gasteiger partial charge on any atom is -0.444 e. The Morgan fingerprint density at radius 2 is 1.70 bits per heavy atom. The summed E-state index contributed by atoms with van der Waals surface area (Å²) in [6, 6.07) is 4.59. The molecule has 1 aliphatic rings.